The molecule has 0 aliphatic carbocycles. The first-order chi connectivity index (χ1) is 16.3. The highest BCUT2D eigenvalue weighted by molar-refractivity contribution is 6.34. The largest absolute Gasteiger partial charge is 0.340 e. The van der Waals surface area contributed by atoms with Gasteiger partial charge in [-0.05, 0) is 37.1 Å². The van der Waals surface area contributed by atoms with E-state index >= 15 is 0 Å². The highest BCUT2D eigenvalue weighted by Crippen LogP contribution is 2.29. The van der Waals surface area contributed by atoms with Crippen LogP contribution in [-0.2, 0) is 4.79 Å². The van der Waals surface area contributed by atoms with E-state index in [1.54, 1.807) is 6.20 Å². The number of rotatable bonds is 3. The number of alkyl halides is 1. The number of amides is 2. The molecule has 7 nitrogen and oxygen atoms in total. The number of aromatic nitrogens is 3. The summed E-state index contributed by atoms with van der Waals surface area (Å²) in [5.41, 5.74) is 2.37. The van der Waals surface area contributed by atoms with Crippen molar-refractivity contribution in [1.29, 1.82) is 0 Å². The third-order valence-corrected chi connectivity index (χ3v) is 5.94. The minimum atomic E-state index is -1.37. The van der Waals surface area contributed by atoms with Gasteiger partial charge in [-0.25, -0.2) is 9.37 Å². The molecule has 9 heteroatoms. The molecule has 3 heterocycles. The van der Waals surface area contributed by atoms with E-state index in [0.717, 1.165) is 5.56 Å². The van der Waals surface area contributed by atoms with Crippen LogP contribution in [0.5, 0.6) is 0 Å². The molecule has 0 spiro atoms. The zero-order valence-electron chi connectivity index (χ0n) is 18.8. The van der Waals surface area contributed by atoms with E-state index in [9.17, 15) is 14.0 Å². The van der Waals surface area contributed by atoms with Gasteiger partial charge in [0.1, 0.15) is 17.7 Å². The minimum absolute atomic E-state index is 0.0509. The van der Waals surface area contributed by atoms with Crippen molar-refractivity contribution in [2.24, 2.45) is 0 Å². The summed E-state index contributed by atoms with van der Waals surface area (Å²) in [6.45, 7) is 3.55. The third kappa shape index (κ3) is 5.10. The molecular formula is C25H23ClFN5O2. The van der Waals surface area contributed by atoms with Crippen LogP contribution >= 0.6 is 11.6 Å². The molecule has 1 aliphatic rings. The normalized spacial score (nSPS) is 17.6. The van der Waals surface area contributed by atoms with Crippen molar-refractivity contribution in [3.8, 4) is 11.8 Å². The summed E-state index contributed by atoms with van der Waals surface area (Å²) in [5, 5.41) is 7.01. The van der Waals surface area contributed by atoms with Crippen molar-refractivity contribution in [1.82, 2.24) is 19.7 Å². The lowest BCUT2D eigenvalue weighted by atomic mass is 10.0. The maximum Gasteiger partial charge on any atom is 0.276 e. The van der Waals surface area contributed by atoms with E-state index in [1.165, 1.54) is 22.7 Å². The Labute approximate surface area is 201 Å². The number of aryl methyl sites for hydroxylation is 1. The van der Waals surface area contributed by atoms with Gasteiger partial charge in [0.2, 0.25) is 5.91 Å². The Morgan fingerprint density at radius 2 is 1.91 bits per heavy atom. The molecule has 174 valence electrons. The van der Waals surface area contributed by atoms with Crippen molar-refractivity contribution < 1.29 is 14.0 Å². The fraction of sp³-hybridized carbons (Fsp3) is 0.280. The van der Waals surface area contributed by atoms with Gasteiger partial charge in [-0.2, -0.15) is 5.10 Å². The molecule has 2 atom stereocenters. The lowest BCUT2D eigenvalue weighted by Gasteiger charge is -2.34. The topological polar surface area (TPSA) is 80.1 Å². The van der Waals surface area contributed by atoms with Crippen molar-refractivity contribution in [2.45, 2.75) is 32.5 Å². The molecule has 0 radical (unpaired) electrons. The molecule has 0 saturated carbocycles. The first-order valence-electron chi connectivity index (χ1n) is 10.8. The van der Waals surface area contributed by atoms with Gasteiger partial charge in [0.05, 0.1) is 23.8 Å². The molecule has 1 fully saturated rings. The number of anilines is 1. The molecule has 1 unspecified atom stereocenters. The van der Waals surface area contributed by atoms with E-state index < -0.39 is 18.1 Å². The molecule has 2 aromatic heterocycles. The van der Waals surface area contributed by atoms with Crippen LogP contribution in [0.1, 0.15) is 46.6 Å². The Morgan fingerprint density at radius 3 is 2.59 bits per heavy atom. The van der Waals surface area contributed by atoms with E-state index in [0.29, 0.717) is 29.9 Å². The molecule has 4 rings (SSSR count). The Bertz CT molecular complexity index is 1280. The standard InChI is InChI=1S/C25H23ClFN5O2/c1-16-12-19(9-8-18-6-4-3-5-7-18)13-28-24(16)30-25(34)23-20(26)14-29-32(23)22-10-11-31(17(2)33)15-21(22)27/h3-7,12-14,21-22H,10-11,15H2,1-2H3,(H,28,30,34)/t21?,22-/m1/s1. The van der Waals surface area contributed by atoms with Crippen LogP contribution in [0.4, 0.5) is 10.2 Å². The number of benzene rings is 1. The second kappa shape index (κ2) is 10.1. The first-order valence-corrected chi connectivity index (χ1v) is 11.2. The Kier molecular flexibility index (Phi) is 6.94. The molecule has 1 aliphatic heterocycles. The molecular weight excluding hydrogens is 457 g/mol. The lowest BCUT2D eigenvalue weighted by molar-refractivity contribution is -0.131. The van der Waals surface area contributed by atoms with Crippen LogP contribution in [-0.4, -0.2) is 50.7 Å². The minimum Gasteiger partial charge on any atom is -0.340 e. The SMILES string of the molecule is CC(=O)N1CC[C@@H](n2ncc(Cl)c2C(=O)Nc2ncc(C#Cc3ccccc3)cc2C)C(F)C1. The van der Waals surface area contributed by atoms with Gasteiger partial charge >= 0.3 is 0 Å². The maximum absolute atomic E-state index is 14.9. The van der Waals surface area contributed by atoms with Gasteiger partial charge in [0, 0.05) is 30.8 Å². The summed E-state index contributed by atoms with van der Waals surface area (Å²) in [5.74, 6) is 5.75. The molecule has 34 heavy (non-hydrogen) atoms. The predicted octanol–water partition coefficient (Wildman–Crippen LogP) is 4.02. The number of pyridine rings is 1. The number of hydrogen-bond donors (Lipinski definition) is 1. The fourth-order valence-corrected chi connectivity index (χ4v) is 4.08. The van der Waals surface area contributed by atoms with E-state index in [2.05, 4.69) is 27.2 Å². The Morgan fingerprint density at radius 1 is 1.18 bits per heavy atom. The number of carbonyl (C=O) groups is 2. The predicted molar refractivity (Wildman–Crippen MR) is 127 cm³/mol. The first kappa shape index (κ1) is 23.5. The second-order valence-electron chi connectivity index (χ2n) is 8.08. The molecule has 3 aromatic rings. The monoisotopic (exact) mass is 479 g/mol. The number of likely N-dealkylation sites (tertiary alicyclic amines) is 1. The second-order valence-corrected chi connectivity index (χ2v) is 8.49. The molecule has 1 saturated heterocycles. The Balaban J connectivity index is 1.51. The van der Waals surface area contributed by atoms with E-state index in [1.807, 2.05) is 43.3 Å². The lowest BCUT2D eigenvalue weighted by Crippen LogP contribution is -2.45. The van der Waals surface area contributed by atoms with Crippen LogP contribution in [0.25, 0.3) is 0 Å². The summed E-state index contributed by atoms with van der Waals surface area (Å²) >= 11 is 6.25. The summed E-state index contributed by atoms with van der Waals surface area (Å²) in [7, 11) is 0. The number of piperidine rings is 1. The van der Waals surface area contributed by atoms with Gasteiger partial charge in [-0.1, -0.05) is 41.6 Å². The van der Waals surface area contributed by atoms with E-state index in [-0.39, 0.29) is 23.2 Å². The average Bonchev–Trinajstić information content (AvgIpc) is 3.21. The number of nitrogens with zero attached hydrogens (tertiary/aromatic N) is 4. The summed E-state index contributed by atoms with van der Waals surface area (Å²) < 4.78 is 16.2. The van der Waals surface area contributed by atoms with Crippen LogP contribution in [0.15, 0.2) is 48.8 Å². The maximum atomic E-state index is 14.9. The van der Waals surface area contributed by atoms with Crippen LogP contribution in [0, 0.1) is 18.8 Å². The average molecular weight is 480 g/mol. The number of carbonyl (C=O) groups excluding carboxylic acids is 2. The number of hydrogen-bond acceptors (Lipinski definition) is 4. The molecule has 2 amide bonds. The van der Waals surface area contributed by atoms with Gasteiger partial charge in [0.25, 0.3) is 5.91 Å². The van der Waals surface area contributed by atoms with Crippen molar-refractivity contribution >= 4 is 29.2 Å². The number of halogens is 2. The van der Waals surface area contributed by atoms with Crippen LogP contribution in [0.3, 0.4) is 0 Å². The molecule has 0 bridgehead atoms. The van der Waals surface area contributed by atoms with Crippen molar-refractivity contribution in [3.05, 3.63) is 76.2 Å². The molecule has 1 aromatic carbocycles. The van der Waals surface area contributed by atoms with Crippen LogP contribution < -0.4 is 5.32 Å². The van der Waals surface area contributed by atoms with Gasteiger partial charge in [0.15, 0.2) is 0 Å². The quantitative estimate of drug-likeness (QED) is 0.575. The summed E-state index contributed by atoms with van der Waals surface area (Å²) in [6, 6.07) is 10.7. The molecule has 1 N–H and O–H groups in total. The van der Waals surface area contributed by atoms with Crippen molar-refractivity contribution in [2.75, 3.05) is 18.4 Å². The number of nitrogens with one attached hydrogen (secondary N) is 1. The summed E-state index contributed by atoms with van der Waals surface area (Å²) in [6.07, 6.45) is 1.85. The highest BCUT2D eigenvalue weighted by Gasteiger charge is 2.35. The van der Waals surface area contributed by atoms with Gasteiger partial charge in [-0.3, -0.25) is 14.3 Å². The fourth-order valence-electron chi connectivity index (χ4n) is 3.87. The smallest absolute Gasteiger partial charge is 0.276 e. The van der Waals surface area contributed by atoms with Gasteiger partial charge in [-0.15, -0.1) is 0 Å². The third-order valence-electron chi connectivity index (χ3n) is 5.67. The Hall–Kier alpha value is -3.70. The van der Waals surface area contributed by atoms with Gasteiger partial charge < -0.3 is 10.2 Å². The highest BCUT2D eigenvalue weighted by atomic mass is 35.5. The van der Waals surface area contributed by atoms with E-state index in [4.69, 9.17) is 11.6 Å². The zero-order chi connectivity index (χ0) is 24.2. The zero-order valence-corrected chi connectivity index (χ0v) is 19.5. The van der Waals surface area contributed by atoms with Crippen LogP contribution in [0.2, 0.25) is 5.02 Å². The summed E-state index contributed by atoms with van der Waals surface area (Å²) in [4.78, 5) is 30.4. The van der Waals surface area contributed by atoms with Crippen molar-refractivity contribution in [3.63, 3.8) is 0 Å².